The van der Waals surface area contributed by atoms with E-state index in [0.29, 0.717) is 0 Å². The van der Waals surface area contributed by atoms with Crippen LogP contribution in [0.15, 0.2) is 186 Å². The van der Waals surface area contributed by atoms with Crippen LogP contribution in [0.1, 0.15) is 0 Å². The molecule has 0 N–H and O–H groups in total. The van der Waals surface area contributed by atoms with Crippen LogP contribution in [0.4, 0.5) is 0 Å². The van der Waals surface area contributed by atoms with Crippen molar-refractivity contribution in [1.82, 2.24) is 9.13 Å². The maximum absolute atomic E-state index is 6.43. The number of para-hydroxylation sites is 5. The van der Waals surface area contributed by atoms with E-state index in [9.17, 15) is 0 Å². The molecule has 0 saturated carbocycles. The molecule has 3 heterocycles. The van der Waals surface area contributed by atoms with Crippen molar-refractivity contribution in [1.29, 1.82) is 0 Å². The van der Waals surface area contributed by atoms with Crippen LogP contribution >= 0.6 is 0 Å². The van der Waals surface area contributed by atoms with Gasteiger partial charge in [-0.3, -0.25) is 0 Å². The minimum atomic E-state index is 0.912. The zero-order chi connectivity index (χ0) is 33.5. The topological polar surface area (TPSA) is 23.0 Å². The van der Waals surface area contributed by atoms with E-state index in [1.165, 1.54) is 60.4 Å². The minimum Gasteiger partial charge on any atom is -0.455 e. The van der Waals surface area contributed by atoms with E-state index in [1.807, 2.05) is 12.1 Å². The van der Waals surface area contributed by atoms with Crippen LogP contribution in [-0.4, -0.2) is 9.13 Å². The molecule has 0 fully saturated rings. The highest BCUT2D eigenvalue weighted by Crippen LogP contribution is 2.40. The number of aromatic nitrogens is 2. The van der Waals surface area contributed by atoms with Crippen molar-refractivity contribution in [2.24, 2.45) is 0 Å². The number of hydrogen-bond acceptors (Lipinski definition) is 1. The molecule has 0 amide bonds. The van der Waals surface area contributed by atoms with Crippen LogP contribution in [0.5, 0.6) is 0 Å². The molecule has 0 atom stereocenters. The van der Waals surface area contributed by atoms with Crippen LogP contribution < -0.4 is 0 Å². The molecule has 0 radical (unpaired) electrons. The molecule has 3 heteroatoms. The molecule has 0 unspecified atom stereocenters. The third-order valence-electron chi connectivity index (χ3n) is 10.5. The lowest BCUT2D eigenvalue weighted by atomic mass is 10.0. The molecule has 238 valence electrons. The smallest absolute Gasteiger partial charge is 0.143 e. The third-order valence-corrected chi connectivity index (χ3v) is 10.5. The van der Waals surface area contributed by atoms with Gasteiger partial charge < -0.3 is 13.6 Å². The van der Waals surface area contributed by atoms with Crippen molar-refractivity contribution >= 4 is 65.6 Å². The lowest BCUT2D eigenvalue weighted by Crippen LogP contribution is -1.94. The molecule has 0 saturated heterocycles. The van der Waals surface area contributed by atoms with Gasteiger partial charge in [0, 0.05) is 49.3 Å². The molecule has 0 aliphatic rings. The van der Waals surface area contributed by atoms with Gasteiger partial charge in [-0.2, -0.15) is 0 Å². The summed E-state index contributed by atoms with van der Waals surface area (Å²) in [5.41, 5.74) is 13.6. The largest absolute Gasteiger partial charge is 0.455 e. The van der Waals surface area contributed by atoms with Crippen LogP contribution in [0.3, 0.4) is 0 Å². The third kappa shape index (κ3) is 4.19. The number of hydrogen-bond donors (Lipinski definition) is 0. The standard InChI is InChI=1S/C48H30N2O/c1-2-13-34(14-3-1)49-43-21-7-4-16-37(43)41-29-31(24-26-45(41)49)32-25-27-46-42(30-32)38-17-5-8-22-44(38)50(46)35-15-10-12-33(28-35)36-19-11-20-40-39-18-6-9-23-47(39)51-48(36)40/h1-30H. The fraction of sp³-hybridized carbons (Fsp3) is 0. The van der Waals surface area contributed by atoms with E-state index in [2.05, 4.69) is 179 Å². The first kappa shape index (κ1) is 28.0. The van der Waals surface area contributed by atoms with Gasteiger partial charge in [0.25, 0.3) is 0 Å². The molecule has 8 aromatic carbocycles. The first-order chi connectivity index (χ1) is 25.3. The zero-order valence-electron chi connectivity index (χ0n) is 27.6. The highest BCUT2D eigenvalue weighted by molar-refractivity contribution is 6.13. The summed E-state index contributed by atoms with van der Waals surface area (Å²) in [5, 5.41) is 7.27. The molecule has 0 aliphatic heterocycles. The number of furan rings is 1. The van der Waals surface area contributed by atoms with Gasteiger partial charge >= 0.3 is 0 Å². The van der Waals surface area contributed by atoms with Crippen LogP contribution in [-0.2, 0) is 0 Å². The minimum absolute atomic E-state index is 0.912. The summed E-state index contributed by atoms with van der Waals surface area (Å²) in [6, 6.07) is 65.5. The summed E-state index contributed by atoms with van der Waals surface area (Å²) in [6.07, 6.45) is 0. The van der Waals surface area contributed by atoms with Gasteiger partial charge in [-0.1, -0.05) is 115 Å². The number of nitrogens with zero attached hydrogens (tertiary/aromatic N) is 2. The summed E-state index contributed by atoms with van der Waals surface area (Å²) in [6.45, 7) is 0. The number of fused-ring (bicyclic) bond motifs is 9. The molecular weight excluding hydrogens is 621 g/mol. The van der Waals surface area contributed by atoms with Gasteiger partial charge in [0.1, 0.15) is 11.2 Å². The van der Waals surface area contributed by atoms with Gasteiger partial charge in [0.2, 0.25) is 0 Å². The Balaban J connectivity index is 1.07. The normalized spacial score (nSPS) is 11.9. The SMILES string of the molecule is c1ccc(-n2c3ccccc3c3cc(-c4ccc5c(c4)c4ccccc4n5-c4cccc(-c5cccc6c5oc5ccccc56)c4)ccc32)cc1. The molecule has 3 aromatic heterocycles. The lowest BCUT2D eigenvalue weighted by molar-refractivity contribution is 0.670. The Labute approximate surface area is 293 Å². The van der Waals surface area contributed by atoms with Crippen LogP contribution in [0.25, 0.3) is 99.2 Å². The molecule has 11 rings (SSSR count). The maximum Gasteiger partial charge on any atom is 0.143 e. The monoisotopic (exact) mass is 650 g/mol. The van der Waals surface area contributed by atoms with Gasteiger partial charge in [-0.25, -0.2) is 0 Å². The fourth-order valence-corrected chi connectivity index (χ4v) is 8.23. The van der Waals surface area contributed by atoms with Gasteiger partial charge in [-0.15, -0.1) is 0 Å². The first-order valence-corrected chi connectivity index (χ1v) is 17.4. The number of rotatable bonds is 4. The predicted molar refractivity (Wildman–Crippen MR) is 213 cm³/mol. The summed E-state index contributed by atoms with van der Waals surface area (Å²) in [4.78, 5) is 0. The first-order valence-electron chi connectivity index (χ1n) is 17.4. The highest BCUT2D eigenvalue weighted by atomic mass is 16.3. The second-order valence-corrected chi connectivity index (χ2v) is 13.3. The quantitative estimate of drug-likeness (QED) is 0.186. The molecule has 0 aliphatic carbocycles. The molecular formula is C48H30N2O. The van der Waals surface area contributed by atoms with Gasteiger partial charge in [0.15, 0.2) is 0 Å². The summed E-state index contributed by atoms with van der Waals surface area (Å²) in [5.74, 6) is 0. The molecule has 51 heavy (non-hydrogen) atoms. The zero-order valence-corrected chi connectivity index (χ0v) is 27.6. The fourth-order valence-electron chi connectivity index (χ4n) is 8.23. The Morgan fingerprint density at radius 1 is 0.314 bits per heavy atom. The molecule has 3 nitrogen and oxygen atoms in total. The number of benzene rings is 8. The predicted octanol–water partition coefficient (Wildman–Crippen LogP) is 13.1. The summed E-state index contributed by atoms with van der Waals surface area (Å²) >= 11 is 0. The van der Waals surface area contributed by atoms with Crippen LogP contribution in [0.2, 0.25) is 0 Å². The second kappa shape index (κ2) is 10.8. The second-order valence-electron chi connectivity index (χ2n) is 13.3. The van der Waals surface area contributed by atoms with E-state index in [0.717, 1.165) is 38.8 Å². The van der Waals surface area contributed by atoms with E-state index in [-0.39, 0.29) is 0 Å². The van der Waals surface area contributed by atoms with Crippen molar-refractivity contribution in [3.8, 4) is 33.6 Å². The van der Waals surface area contributed by atoms with Crippen molar-refractivity contribution in [3.63, 3.8) is 0 Å². The van der Waals surface area contributed by atoms with Gasteiger partial charge in [0.05, 0.1) is 22.1 Å². The van der Waals surface area contributed by atoms with Crippen molar-refractivity contribution in [2.75, 3.05) is 0 Å². The molecule has 11 aromatic rings. The Morgan fingerprint density at radius 2 is 0.843 bits per heavy atom. The highest BCUT2D eigenvalue weighted by Gasteiger charge is 2.17. The van der Waals surface area contributed by atoms with Gasteiger partial charge in [-0.05, 0) is 83.4 Å². The van der Waals surface area contributed by atoms with E-state index >= 15 is 0 Å². The Bertz CT molecular complexity index is 3140. The van der Waals surface area contributed by atoms with Crippen LogP contribution in [0, 0.1) is 0 Å². The Hall–Kier alpha value is -6.84. The molecule has 0 bridgehead atoms. The average Bonchev–Trinajstić information content (AvgIpc) is 3.85. The summed E-state index contributed by atoms with van der Waals surface area (Å²) < 4.78 is 11.2. The summed E-state index contributed by atoms with van der Waals surface area (Å²) in [7, 11) is 0. The maximum atomic E-state index is 6.43. The Kier molecular flexibility index (Phi) is 5.96. The van der Waals surface area contributed by atoms with Crippen molar-refractivity contribution < 1.29 is 4.42 Å². The average molecular weight is 651 g/mol. The van der Waals surface area contributed by atoms with E-state index in [4.69, 9.17) is 4.42 Å². The Morgan fingerprint density at radius 3 is 1.55 bits per heavy atom. The van der Waals surface area contributed by atoms with Crippen molar-refractivity contribution in [2.45, 2.75) is 0 Å². The lowest BCUT2D eigenvalue weighted by Gasteiger charge is -2.11. The van der Waals surface area contributed by atoms with E-state index in [1.54, 1.807) is 0 Å². The van der Waals surface area contributed by atoms with E-state index < -0.39 is 0 Å². The van der Waals surface area contributed by atoms with Crippen molar-refractivity contribution in [3.05, 3.63) is 182 Å². The molecule has 0 spiro atoms.